The molecular formula is C16H23NO. The second-order valence-electron chi connectivity index (χ2n) is 5.29. The van der Waals surface area contributed by atoms with Crippen LogP contribution in [0.2, 0.25) is 0 Å². The van der Waals surface area contributed by atoms with E-state index in [1.807, 2.05) is 6.07 Å². The molecule has 0 saturated heterocycles. The normalized spacial score (nSPS) is 24.4. The summed E-state index contributed by atoms with van der Waals surface area (Å²) in [5, 5.41) is 13.2. The molecule has 1 aliphatic carbocycles. The maximum Gasteiger partial charge on any atom is 0.0580 e. The minimum absolute atomic E-state index is 0.0871. The van der Waals surface area contributed by atoms with Crippen LogP contribution in [0.5, 0.6) is 0 Å². The van der Waals surface area contributed by atoms with Crippen molar-refractivity contribution < 1.29 is 5.11 Å². The van der Waals surface area contributed by atoms with E-state index in [9.17, 15) is 5.11 Å². The van der Waals surface area contributed by atoms with Crippen molar-refractivity contribution >= 4 is 6.08 Å². The Bertz CT molecular complexity index is 385. The number of nitrogens with one attached hydrogen (secondary N) is 1. The van der Waals surface area contributed by atoms with Gasteiger partial charge >= 0.3 is 0 Å². The quantitative estimate of drug-likeness (QED) is 0.836. The largest absolute Gasteiger partial charge is 0.393 e. The van der Waals surface area contributed by atoms with Gasteiger partial charge in [-0.05, 0) is 31.2 Å². The standard InChI is InChI=1S/C16H23NO/c1-13(10-14-6-3-2-4-7-14)11-17-12-15-8-5-9-16(15)18/h2-4,6-7,10,15-18H,5,8-9,11-12H2,1H3. The van der Waals surface area contributed by atoms with Crippen LogP contribution in [-0.2, 0) is 0 Å². The summed E-state index contributed by atoms with van der Waals surface area (Å²) in [6.07, 6.45) is 5.43. The van der Waals surface area contributed by atoms with Crippen molar-refractivity contribution in [3.8, 4) is 0 Å². The molecule has 18 heavy (non-hydrogen) atoms. The van der Waals surface area contributed by atoms with Crippen molar-refractivity contribution in [2.24, 2.45) is 5.92 Å². The second-order valence-corrected chi connectivity index (χ2v) is 5.29. The molecule has 1 aromatic carbocycles. The summed E-state index contributed by atoms with van der Waals surface area (Å²) in [6, 6.07) is 10.4. The molecule has 0 amide bonds. The molecule has 1 saturated carbocycles. The van der Waals surface area contributed by atoms with Crippen LogP contribution in [-0.4, -0.2) is 24.3 Å². The van der Waals surface area contributed by atoms with Crippen LogP contribution in [0, 0.1) is 5.92 Å². The van der Waals surface area contributed by atoms with Gasteiger partial charge in [-0.3, -0.25) is 0 Å². The molecule has 0 heterocycles. The van der Waals surface area contributed by atoms with Gasteiger partial charge in [0.1, 0.15) is 0 Å². The Balaban J connectivity index is 1.75. The third-order valence-electron chi connectivity index (χ3n) is 3.64. The molecule has 0 aliphatic heterocycles. The Labute approximate surface area is 110 Å². The molecule has 2 heteroatoms. The first-order chi connectivity index (χ1) is 8.75. The zero-order valence-electron chi connectivity index (χ0n) is 11.1. The topological polar surface area (TPSA) is 32.3 Å². The van der Waals surface area contributed by atoms with Gasteiger partial charge in [0.05, 0.1) is 6.10 Å². The molecule has 98 valence electrons. The Morgan fingerprint density at radius 2 is 2.11 bits per heavy atom. The maximum atomic E-state index is 9.73. The van der Waals surface area contributed by atoms with E-state index in [0.717, 1.165) is 25.9 Å². The summed E-state index contributed by atoms with van der Waals surface area (Å²) in [7, 11) is 0. The molecule has 0 bridgehead atoms. The lowest BCUT2D eigenvalue weighted by Crippen LogP contribution is -2.28. The SMILES string of the molecule is CC(=Cc1ccccc1)CNCC1CCCC1O. The summed E-state index contributed by atoms with van der Waals surface area (Å²) >= 11 is 0. The fourth-order valence-corrected chi connectivity index (χ4v) is 2.59. The van der Waals surface area contributed by atoms with Gasteiger partial charge in [-0.1, -0.05) is 48.4 Å². The van der Waals surface area contributed by atoms with Gasteiger partial charge in [0.2, 0.25) is 0 Å². The maximum absolute atomic E-state index is 9.73. The number of benzene rings is 1. The van der Waals surface area contributed by atoms with Crippen molar-refractivity contribution in [3.63, 3.8) is 0 Å². The summed E-state index contributed by atoms with van der Waals surface area (Å²) < 4.78 is 0. The Kier molecular flexibility index (Phi) is 4.97. The first-order valence-electron chi connectivity index (χ1n) is 6.86. The molecule has 2 unspecified atom stereocenters. The number of rotatable bonds is 5. The number of aliphatic hydroxyl groups is 1. The third kappa shape index (κ3) is 3.97. The highest BCUT2D eigenvalue weighted by molar-refractivity contribution is 5.52. The Morgan fingerprint density at radius 3 is 2.78 bits per heavy atom. The Morgan fingerprint density at radius 1 is 1.33 bits per heavy atom. The Hall–Kier alpha value is -1.12. The van der Waals surface area contributed by atoms with Gasteiger partial charge in [-0.15, -0.1) is 0 Å². The fourth-order valence-electron chi connectivity index (χ4n) is 2.59. The van der Waals surface area contributed by atoms with Crippen molar-refractivity contribution in [1.82, 2.24) is 5.32 Å². The van der Waals surface area contributed by atoms with Crippen LogP contribution in [0.25, 0.3) is 6.08 Å². The predicted molar refractivity (Wildman–Crippen MR) is 76.3 cm³/mol. The number of aliphatic hydroxyl groups excluding tert-OH is 1. The highest BCUT2D eigenvalue weighted by atomic mass is 16.3. The second kappa shape index (κ2) is 6.72. The highest BCUT2D eigenvalue weighted by Gasteiger charge is 2.24. The van der Waals surface area contributed by atoms with Gasteiger partial charge in [0, 0.05) is 13.1 Å². The third-order valence-corrected chi connectivity index (χ3v) is 3.64. The summed E-state index contributed by atoms with van der Waals surface area (Å²) in [4.78, 5) is 0. The molecule has 2 atom stereocenters. The van der Waals surface area contributed by atoms with E-state index in [2.05, 4.69) is 42.6 Å². The van der Waals surface area contributed by atoms with E-state index >= 15 is 0 Å². The monoisotopic (exact) mass is 245 g/mol. The minimum Gasteiger partial charge on any atom is -0.393 e. The molecule has 0 aromatic heterocycles. The average Bonchev–Trinajstić information content (AvgIpc) is 2.76. The molecule has 0 radical (unpaired) electrons. The average molecular weight is 245 g/mol. The fraction of sp³-hybridized carbons (Fsp3) is 0.500. The smallest absolute Gasteiger partial charge is 0.0580 e. The van der Waals surface area contributed by atoms with Crippen LogP contribution in [0.15, 0.2) is 35.9 Å². The number of hydrogen-bond acceptors (Lipinski definition) is 2. The van der Waals surface area contributed by atoms with E-state index < -0.39 is 0 Å². The lowest BCUT2D eigenvalue weighted by Gasteiger charge is -2.15. The van der Waals surface area contributed by atoms with Gasteiger partial charge in [0.15, 0.2) is 0 Å². The van der Waals surface area contributed by atoms with Crippen molar-refractivity contribution in [2.75, 3.05) is 13.1 Å². The highest BCUT2D eigenvalue weighted by Crippen LogP contribution is 2.24. The summed E-state index contributed by atoms with van der Waals surface area (Å²) in [5.74, 6) is 0.453. The van der Waals surface area contributed by atoms with Crippen LogP contribution in [0.3, 0.4) is 0 Å². The molecule has 1 fully saturated rings. The molecular weight excluding hydrogens is 222 g/mol. The van der Waals surface area contributed by atoms with Gasteiger partial charge in [-0.2, -0.15) is 0 Å². The van der Waals surface area contributed by atoms with E-state index in [1.165, 1.54) is 17.6 Å². The van der Waals surface area contributed by atoms with Crippen LogP contribution in [0.4, 0.5) is 0 Å². The molecule has 1 aliphatic rings. The van der Waals surface area contributed by atoms with E-state index in [4.69, 9.17) is 0 Å². The van der Waals surface area contributed by atoms with Gasteiger partial charge < -0.3 is 10.4 Å². The van der Waals surface area contributed by atoms with Crippen molar-refractivity contribution in [1.29, 1.82) is 0 Å². The molecule has 2 rings (SSSR count). The molecule has 2 nitrogen and oxygen atoms in total. The molecule has 1 aromatic rings. The van der Waals surface area contributed by atoms with Crippen LogP contribution in [0.1, 0.15) is 31.7 Å². The first-order valence-corrected chi connectivity index (χ1v) is 6.86. The first kappa shape index (κ1) is 13.3. The zero-order valence-corrected chi connectivity index (χ0v) is 11.1. The lowest BCUT2D eigenvalue weighted by molar-refractivity contribution is 0.132. The van der Waals surface area contributed by atoms with E-state index in [1.54, 1.807) is 0 Å². The summed E-state index contributed by atoms with van der Waals surface area (Å²) in [6.45, 7) is 3.98. The van der Waals surface area contributed by atoms with E-state index in [0.29, 0.717) is 5.92 Å². The van der Waals surface area contributed by atoms with Crippen LogP contribution >= 0.6 is 0 Å². The lowest BCUT2D eigenvalue weighted by atomic mass is 10.1. The zero-order chi connectivity index (χ0) is 12.8. The number of hydrogen-bond donors (Lipinski definition) is 2. The van der Waals surface area contributed by atoms with Gasteiger partial charge in [0.25, 0.3) is 0 Å². The van der Waals surface area contributed by atoms with Gasteiger partial charge in [-0.25, -0.2) is 0 Å². The van der Waals surface area contributed by atoms with Crippen molar-refractivity contribution in [3.05, 3.63) is 41.5 Å². The molecule has 0 spiro atoms. The molecule has 2 N–H and O–H groups in total. The minimum atomic E-state index is -0.0871. The van der Waals surface area contributed by atoms with E-state index in [-0.39, 0.29) is 6.10 Å². The predicted octanol–water partition coefficient (Wildman–Crippen LogP) is 2.84. The summed E-state index contributed by atoms with van der Waals surface area (Å²) in [5.41, 5.74) is 2.58. The van der Waals surface area contributed by atoms with Crippen molar-refractivity contribution in [2.45, 2.75) is 32.3 Å². The van der Waals surface area contributed by atoms with Crippen LogP contribution < -0.4 is 5.32 Å².